The number of carbonyl (C=O) groups excluding carboxylic acids is 1. The van der Waals surface area contributed by atoms with Crippen molar-refractivity contribution < 1.29 is 14.3 Å². The van der Waals surface area contributed by atoms with Crippen molar-refractivity contribution in [2.75, 3.05) is 59.6 Å². The maximum absolute atomic E-state index is 11.6. The quantitative estimate of drug-likeness (QED) is 0.359. The van der Waals surface area contributed by atoms with Gasteiger partial charge in [0.15, 0.2) is 5.96 Å². The van der Waals surface area contributed by atoms with Crippen molar-refractivity contribution >= 4 is 11.9 Å². The number of methoxy groups -OCH3 is 1. The molecule has 0 spiro atoms. The van der Waals surface area contributed by atoms with E-state index in [-0.39, 0.29) is 0 Å². The second kappa shape index (κ2) is 12.1. The fourth-order valence-corrected chi connectivity index (χ4v) is 3.50. The molecule has 1 amide bonds. The largest absolute Gasteiger partial charge is 0.385 e. The van der Waals surface area contributed by atoms with Crippen LogP contribution in [0.5, 0.6) is 0 Å². The molecule has 2 heterocycles. The molecule has 2 saturated heterocycles. The summed E-state index contributed by atoms with van der Waals surface area (Å²) in [4.78, 5) is 20.7. The molecule has 2 aliphatic rings. The number of ether oxygens (including phenoxy) is 2. The van der Waals surface area contributed by atoms with Crippen LogP contribution < -0.4 is 5.32 Å². The van der Waals surface area contributed by atoms with Crippen molar-refractivity contribution in [3.63, 3.8) is 0 Å². The first-order valence-corrected chi connectivity index (χ1v) is 10.2. The number of nitrogens with one attached hydrogen (secondary N) is 1. The van der Waals surface area contributed by atoms with Crippen LogP contribution in [0.3, 0.4) is 0 Å². The van der Waals surface area contributed by atoms with Crippen LogP contribution >= 0.6 is 0 Å². The highest BCUT2D eigenvalue weighted by atomic mass is 16.5. The minimum Gasteiger partial charge on any atom is -0.385 e. The number of aliphatic imine (C=N–C) groups is 1. The highest BCUT2D eigenvalue weighted by molar-refractivity contribution is 5.80. The number of amides is 1. The van der Waals surface area contributed by atoms with E-state index in [4.69, 9.17) is 14.5 Å². The summed E-state index contributed by atoms with van der Waals surface area (Å²) < 4.78 is 11.0. The molecule has 2 fully saturated rings. The first-order valence-electron chi connectivity index (χ1n) is 10.2. The van der Waals surface area contributed by atoms with Crippen molar-refractivity contribution in [2.45, 2.75) is 51.6 Å². The molecule has 0 atom stereocenters. The van der Waals surface area contributed by atoms with Gasteiger partial charge in [0.2, 0.25) is 5.91 Å². The molecule has 0 saturated carbocycles. The Morgan fingerprint density at radius 2 is 2.04 bits per heavy atom. The SMILES string of the molecule is CCNC(=NCCCN1CCCC1=O)N1CCC(OCCCOC)CC1. The van der Waals surface area contributed by atoms with Crippen molar-refractivity contribution in [3.8, 4) is 0 Å². The average Bonchev–Trinajstić information content (AvgIpc) is 3.07. The molecule has 0 aliphatic carbocycles. The van der Waals surface area contributed by atoms with Crippen molar-refractivity contribution in [1.82, 2.24) is 15.1 Å². The van der Waals surface area contributed by atoms with Gasteiger partial charge < -0.3 is 24.6 Å². The Morgan fingerprint density at radius 3 is 2.69 bits per heavy atom. The third-order valence-corrected chi connectivity index (χ3v) is 4.94. The first kappa shape index (κ1) is 21.0. The van der Waals surface area contributed by atoms with E-state index < -0.39 is 0 Å². The van der Waals surface area contributed by atoms with Crippen molar-refractivity contribution in [1.29, 1.82) is 0 Å². The molecule has 0 bridgehead atoms. The lowest BCUT2D eigenvalue weighted by Gasteiger charge is -2.34. The fraction of sp³-hybridized carbons (Fsp3) is 0.895. The number of piperidine rings is 1. The Bertz CT molecular complexity index is 437. The van der Waals surface area contributed by atoms with Crippen LogP contribution in [0.15, 0.2) is 4.99 Å². The van der Waals surface area contributed by atoms with Gasteiger partial charge in [0.05, 0.1) is 6.10 Å². The molecule has 0 unspecified atom stereocenters. The Balaban J connectivity index is 1.68. The lowest BCUT2D eigenvalue weighted by Crippen LogP contribution is -2.47. The molecule has 0 radical (unpaired) electrons. The average molecular weight is 369 g/mol. The van der Waals surface area contributed by atoms with Crippen LogP contribution in [0.4, 0.5) is 0 Å². The third kappa shape index (κ3) is 7.11. The van der Waals surface area contributed by atoms with E-state index in [0.717, 1.165) is 90.5 Å². The van der Waals surface area contributed by atoms with Crippen molar-refractivity contribution in [2.24, 2.45) is 4.99 Å². The predicted octanol–water partition coefficient (Wildman–Crippen LogP) is 1.48. The lowest BCUT2D eigenvalue weighted by atomic mass is 10.1. The standard InChI is InChI=1S/C19H36N4O3/c1-3-20-19(21-10-5-12-22-11-4-7-18(22)24)23-13-8-17(9-14-23)26-16-6-15-25-2/h17H,3-16H2,1-2H3,(H,20,21). The summed E-state index contributed by atoms with van der Waals surface area (Å²) in [7, 11) is 1.73. The van der Waals surface area contributed by atoms with Gasteiger partial charge in [0.1, 0.15) is 0 Å². The Kier molecular flexibility index (Phi) is 9.77. The summed E-state index contributed by atoms with van der Waals surface area (Å²) >= 11 is 0. The minimum atomic E-state index is 0.299. The molecule has 1 N–H and O–H groups in total. The Morgan fingerprint density at radius 1 is 1.23 bits per heavy atom. The second-order valence-electron chi connectivity index (χ2n) is 6.98. The van der Waals surface area contributed by atoms with E-state index in [0.29, 0.717) is 18.4 Å². The molecule has 26 heavy (non-hydrogen) atoms. The van der Waals surface area contributed by atoms with Gasteiger partial charge in [0.25, 0.3) is 0 Å². The van der Waals surface area contributed by atoms with Crippen LogP contribution in [0, 0.1) is 0 Å². The monoisotopic (exact) mass is 368 g/mol. The van der Waals surface area contributed by atoms with Gasteiger partial charge in [-0.2, -0.15) is 0 Å². The highest BCUT2D eigenvalue weighted by Gasteiger charge is 2.22. The van der Waals surface area contributed by atoms with Gasteiger partial charge in [0, 0.05) is 66.0 Å². The number of likely N-dealkylation sites (tertiary alicyclic amines) is 2. The number of rotatable bonds is 10. The van der Waals surface area contributed by atoms with Gasteiger partial charge in [-0.05, 0) is 39.0 Å². The molecule has 0 aromatic rings. The number of hydrogen-bond donors (Lipinski definition) is 1. The second-order valence-corrected chi connectivity index (χ2v) is 6.98. The Hall–Kier alpha value is -1.34. The zero-order valence-electron chi connectivity index (χ0n) is 16.5. The van der Waals surface area contributed by atoms with Gasteiger partial charge in [-0.25, -0.2) is 0 Å². The van der Waals surface area contributed by atoms with Crippen molar-refractivity contribution in [3.05, 3.63) is 0 Å². The molecule has 0 aromatic carbocycles. The van der Waals surface area contributed by atoms with Crippen LogP contribution in [0.25, 0.3) is 0 Å². The molecule has 7 nitrogen and oxygen atoms in total. The van der Waals surface area contributed by atoms with E-state index in [1.807, 2.05) is 4.90 Å². The van der Waals surface area contributed by atoms with E-state index in [1.54, 1.807) is 7.11 Å². The van der Waals surface area contributed by atoms with E-state index in [1.165, 1.54) is 0 Å². The molecule has 2 aliphatic heterocycles. The van der Waals surface area contributed by atoms with Crippen LogP contribution in [0.1, 0.15) is 45.4 Å². The summed E-state index contributed by atoms with van der Waals surface area (Å²) in [5, 5.41) is 3.40. The summed E-state index contributed by atoms with van der Waals surface area (Å²) in [6.07, 6.45) is 6.05. The molecular formula is C19H36N4O3. The normalized spacial score (nSPS) is 19.5. The molecule has 150 valence electrons. The number of guanidine groups is 1. The van der Waals surface area contributed by atoms with Gasteiger partial charge in [-0.1, -0.05) is 0 Å². The topological polar surface area (TPSA) is 66.4 Å². The van der Waals surface area contributed by atoms with Gasteiger partial charge >= 0.3 is 0 Å². The highest BCUT2D eigenvalue weighted by Crippen LogP contribution is 2.14. The number of hydrogen-bond acceptors (Lipinski definition) is 4. The minimum absolute atomic E-state index is 0.299. The summed E-state index contributed by atoms with van der Waals surface area (Å²) in [6, 6.07) is 0. The third-order valence-electron chi connectivity index (χ3n) is 4.94. The van der Waals surface area contributed by atoms with E-state index in [9.17, 15) is 4.79 Å². The molecule has 7 heteroatoms. The summed E-state index contributed by atoms with van der Waals surface area (Å²) in [5.74, 6) is 1.30. The summed E-state index contributed by atoms with van der Waals surface area (Å²) in [5.41, 5.74) is 0. The lowest BCUT2D eigenvalue weighted by molar-refractivity contribution is -0.127. The molecule has 0 aromatic heterocycles. The molecular weight excluding hydrogens is 332 g/mol. The predicted molar refractivity (Wildman–Crippen MR) is 103 cm³/mol. The van der Waals surface area contributed by atoms with E-state index in [2.05, 4.69) is 17.1 Å². The van der Waals surface area contributed by atoms with E-state index >= 15 is 0 Å². The van der Waals surface area contributed by atoms with Crippen LogP contribution in [-0.2, 0) is 14.3 Å². The smallest absolute Gasteiger partial charge is 0.222 e. The zero-order valence-corrected chi connectivity index (χ0v) is 16.5. The maximum Gasteiger partial charge on any atom is 0.222 e. The summed E-state index contributed by atoms with van der Waals surface area (Å²) in [6.45, 7) is 8.98. The zero-order chi connectivity index (χ0) is 18.6. The van der Waals surface area contributed by atoms with Gasteiger partial charge in [-0.3, -0.25) is 9.79 Å². The maximum atomic E-state index is 11.6. The Labute approximate surface area is 158 Å². The number of nitrogens with zero attached hydrogens (tertiary/aromatic N) is 3. The number of carbonyl (C=O) groups is 1. The van der Waals surface area contributed by atoms with Crippen LogP contribution in [0.2, 0.25) is 0 Å². The van der Waals surface area contributed by atoms with Gasteiger partial charge in [-0.15, -0.1) is 0 Å². The fourth-order valence-electron chi connectivity index (χ4n) is 3.50. The first-order chi connectivity index (χ1) is 12.7. The van der Waals surface area contributed by atoms with Crippen LogP contribution in [-0.4, -0.2) is 87.4 Å². The molecule has 2 rings (SSSR count).